The Bertz CT molecular complexity index is 340. The molecule has 0 bridgehead atoms. The van der Waals surface area contributed by atoms with E-state index in [1.165, 1.54) is 83.5 Å². The monoisotopic (exact) mass is 462 g/mol. The SMILES string of the molecule is CCCCCCCCCCCCCCCCCC(=O)[O-].Cl.O=P([O-])([O-])O.[Mg+2].[Na+]. The van der Waals surface area contributed by atoms with E-state index in [0.717, 1.165) is 12.8 Å². The minimum atomic E-state index is -5.14. The molecule has 0 spiro atoms. The Hall–Kier alpha value is 1.64. The molecule has 0 aromatic carbocycles. The van der Waals surface area contributed by atoms with Gasteiger partial charge in [0.25, 0.3) is 0 Å². The number of phosphoric acid groups is 1. The van der Waals surface area contributed by atoms with Gasteiger partial charge < -0.3 is 29.1 Å². The van der Waals surface area contributed by atoms with E-state index < -0.39 is 13.8 Å². The molecule has 0 atom stereocenters. The molecule has 0 aliphatic rings. The zero-order valence-electron chi connectivity index (χ0n) is 17.9. The minimum Gasteiger partial charge on any atom is -0.790 e. The van der Waals surface area contributed by atoms with E-state index >= 15 is 0 Å². The molecule has 0 unspecified atom stereocenters. The van der Waals surface area contributed by atoms with Crippen LogP contribution in [-0.2, 0) is 9.36 Å². The summed E-state index contributed by atoms with van der Waals surface area (Å²) in [5.74, 6) is -0.903. The second kappa shape index (κ2) is 30.8. The molecule has 0 fully saturated rings. The number of carboxylic acid groups (broad SMARTS) is 1. The fraction of sp³-hybridized carbons (Fsp3) is 0.944. The molecule has 0 saturated heterocycles. The van der Waals surface area contributed by atoms with Crippen LogP contribution in [0.2, 0.25) is 0 Å². The van der Waals surface area contributed by atoms with Gasteiger partial charge in [-0.05, 0) is 12.8 Å². The first kappa shape index (κ1) is 40.0. The number of carboxylic acids is 1. The number of hydrogen-bond acceptors (Lipinski definition) is 5. The fourth-order valence-electron chi connectivity index (χ4n) is 2.64. The van der Waals surface area contributed by atoms with Gasteiger partial charge >= 0.3 is 52.6 Å². The van der Waals surface area contributed by atoms with E-state index in [1.807, 2.05) is 0 Å². The average Bonchev–Trinajstić information content (AvgIpc) is 2.49. The molecule has 0 aromatic heterocycles. The van der Waals surface area contributed by atoms with E-state index in [-0.39, 0.29) is 71.4 Å². The molecular weight excluding hydrogens is 426 g/mol. The van der Waals surface area contributed by atoms with Gasteiger partial charge in [0.15, 0.2) is 0 Å². The summed E-state index contributed by atoms with van der Waals surface area (Å²) in [6.45, 7) is 2.27. The van der Waals surface area contributed by atoms with Crippen LogP contribution in [0.1, 0.15) is 110 Å². The van der Waals surface area contributed by atoms with Crippen molar-refractivity contribution < 1.29 is 58.7 Å². The third-order valence-corrected chi connectivity index (χ3v) is 3.98. The van der Waals surface area contributed by atoms with Crippen molar-refractivity contribution in [3.05, 3.63) is 0 Å². The van der Waals surface area contributed by atoms with Crippen LogP contribution >= 0.6 is 20.2 Å². The minimum absolute atomic E-state index is 0. The number of carbonyl (C=O) groups excluding carboxylic acids is 1. The van der Waals surface area contributed by atoms with Crippen LogP contribution in [0.25, 0.3) is 0 Å². The molecule has 28 heavy (non-hydrogen) atoms. The van der Waals surface area contributed by atoms with Gasteiger partial charge in [-0.1, -0.05) is 96.8 Å². The van der Waals surface area contributed by atoms with E-state index in [1.54, 1.807) is 0 Å². The Morgan fingerprint density at radius 1 is 0.750 bits per heavy atom. The van der Waals surface area contributed by atoms with E-state index in [9.17, 15) is 9.90 Å². The molecule has 0 aliphatic carbocycles. The molecule has 10 heteroatoms. The maximum atomic E-state index is 10.2. The first-order valence-corrected chi connectivity index (χ1v) is 11.2. The normalized spacial score (nSPS) is 9.86. The van der Waals surface area contributed by atoms with Gasteiger partial charge in [0.05, 0.1) is 7.82 Å². The summed E-state index contributed by atoms with van der Waals surface area (Å²) in [7, 11) is -5.14. The summed E-state index contributed by atoms with van der Waals surface area (Å²) in [4.78, 5) is 34.5. The quantitative estimate of drug-likeness (QED) is 0.193. The topological polar surface area (TPSA) is 124 Å². The number of aliphatic carboxylic acids is 1. The van der Waals surface area contributed by atoms with Gasteiger partial charge in [-0.25, -0.2) is 0 Å². The molecular formula is C18H37ClMgNaO6P. The Kier molecular flexibility index (Phi) is 44.1. The maximum Gasteiger partial charge on any atom is 2.00 e. The summed E-state index contributed by atoms with van der Waals surface area (Å²) in [6.07, 6.45) is 19.9. The summed E-state index contributed by atoms with van der Waals surface area (Å²) >= 11 is 0. The number of halogens is 1. The number of hydrogen-bond donors (Lipinski definition) is 1. The van der Waals surface area contributed by atoms with E-state index in [4.69, 9.17) is 19.2 Å². The first-order valence-electron chi connectivity index (χ1n) is 9.72. The van der Waals surface area contributed by atoms with Gasteiger partial charge in [-0.2, -0.15) is 0 Å². The van der Waals surface area contributed by atoms with Crippen LogP contribution in [0.5, 0.6) is 0 Å². The zero-order chi connectivity index (χ0) is 19.4. The smallest absolute Gasteiger partial charge is 0.790 e. The van der Waals surface area contributed by atoms with Crippen molar-refractivity contribution >= 4 is 49.3 Å². The molecule has 0 rings (SSSR count). The third kappa shape index (κ3) is 56.5. The molecule has 0 saturated carbocycles. The first-order chi connectivity index (χ1) is 11.8. The molecule has 0 radical (unpaired) electrons. The Balaban J connectivity index is -0.000000195. The molecule has 0 aromatic rings. The molecule has 1 N–H and O–H groups in total. The van der Waals surface area contributed by atoms with Crippen molar-refractivity contribution in [3.8, 4) is 0 Å². The third-order valence-electron chi connectivity index (χ3n) is 3.98. The Morgan fingerprint density at radius 3 is 1.18 bits per heavy atom. The van der Waals surface area contributed by atoms with Crippen molar-refractivity contribution in [2.24, 2.45) is 0 Å². The number of unbranched alkanes of at least 4 members (excludes halogenated alkanes) is 14. The molecule has 0 amide bonds. The Morgan fingerprint density at radius 2 is 0.964 bits per heavy atom. The zero-order valence-corrected chi connectivity index (χ0v) is 23.0. The van der Waals surface area contributed by atoms with Crippen LogP contribution in [0.4, 0.5) is 0 Å². The standard InChI is InChI=1S/C18H36O2.ClH.Mg.Na.H3O4P/c1-2-3-4-5-6-7-8-9-10-11-12-13-14-15-16-17-18(19)20;;;;1-5(2,3)4/h2-17H2,1H3,(H,19,20);1H;;;(H3,1,2,3,4)/q;;+2;+1;/p-3. The van der Waals surface area contributed by atoms with Crippen LogP contribution < -0.4 is 44.5 Å². The van der Waals surface area contributed by atoms with Gasteiger partial charge in [0, 0.05) is 5.97 Å². The van der Waals surface area contributed by atoms with Gasteiger partial charge in [-0.3, -0.25) is 0 Å². The molecule has 6 nitrogen and oxygen atoms in total. The summed E-state index contributed by atoms with van der Waals surface area (Å²) in [5, 5.41) is 10.2. The largest absolute Gasteiger partial charge is 2.00 e. The molecule has 0 heterocycles. The van der Waals surface area contributed by atoms with Crippen molar-refractivity contribution in [2.45, 2.75) is 110 Å². The van der Waals surface area contributed by atoms with Crippen LogP contribution in [0.3, 0.4) is 0 Å². The van der Waals surface area contributed by atoms with Gasteiger partial charge in [0.2, 0.25) is 0 Å². The molecule has 160 valence electrons. The van der Waals surface area contributed by atoms with E-state index in [2.05, 4.69) is 6.92 Å². The fourth-order valence-corrected chi connectivity index (χ4v) is 2.64. The number of rotatable bonds is 16. The average molecular weight is 463 g/mol. The van der Waals surface area contributed by atoms with Crippen LogP contribution in [-0.4, -0.2) is 33.9 Å². The van der Waals surface area contributed by atoms with Crippen molar-refractivity contribution in [3.63, 3.8) is 0 Å². The van der Waals surface area contributed by atoms with E-state index in [0.29, 0.717) is 0 Å². The predicted molar refractivity (Wildman–Crippen MR) is 107 cm³/mol. The van der Waals surface area contributed by atoms with Crippen molar-refractivity contribution in [1.82, 2.24) is 0 Å². The predicted octanol–water partition coefficient (Wildman–Crippen LogP) is -0.150. The van der Waals surface area contributed by atoms with Crippen LogP contribution in [0, 0.1) is 0 Å². The molecule has 0 aliphatic heterocycles. The summed E-state index contributed by atoms with van der Waals surface area (Å²) in [6, 6.07) is 0. The van der Waals surface area contributed by atoms with Gasteiger partial charge in [-0.15, -0.1) is 12.4 Å². The summed E-state index contributed by atoms with van der Waals surface area (Å²) in [5.41, 5.74) is 0. The number of carbonyl (C=O) groups is 1. The van der Waals surface area contributed by atoms with Gasteiger partial charge in [0.1, 0.15) is 0 Å². The Labute approximate surface area is 216 Å². The van der Waals surface area contributed by atoms with Crippen LogP contribution in [0.15, 0.2) is 0 Å². The summed E-state index contributed by atoms with van der Waals surface area (Å²) < 4.78 is 8.66. The van der Waals surface area contributed by atoms with Crippen molar-refractivity contribution in [2.75, 3.05) is 0 Å². The van der Waals surface area contributed by atoms with Crippen molar-refractivity contribution in [1.29, 1.82) is 0 Å². The second-order valence-electron chi connectivity index (χ2n) is 6.54. The second-order valence-corrected chi connectivity index (χ2v) is 7.48. The maximum absolute atomic E-state index is 10.2.